The van der Waals surface area contributed by atoms with E-state index in [0.717, 1.165) is 11.1 Å². The molecular formula is C26H30FN3O4. The first kappa shape index (κ1) is 25.2. The summed E-state index contributed by atoms with van der Waals surface area (Å²) in [5, 5.41) is 19.4. The molecule has 0 saturated carbocycles. The number of nitrogens with one attached hydrogen (secondary N) is 3. The summed E-state index contributed by atoms with van der Waals surface area (Å²) in [7, 11) is 0. The van der Waals surface area contributed by atoms with Gasteiger partial charge in [-0.1, -0.05) is 24.1 Å². The number of carbonyl (C=O) groups is 2. The summed E-state index contributed by atoms with van der Waals surface area (Å²) in [6.07, 6.45) is 6.14. The van der Waals surface area contributed by atoms with E-state index in [2.05, 4.69) is 21.9 Å². The highest BCUT2D eigenvalue weighted by Gasteiger charge is 2.23. The lowest BCUT2D eigenvalue weighted by molar-refractivity contribution is -0.126. The SMILES string of the molecule is C#Cc1cccc(CNCC(O)C2Cc3ccc(F)c(c3)OCCCCC(=O)NCC(=O)N2)c1. The smallest absolute Gasteiger partial charge is 0.239 e. The van der Waals surface area contributed by atoms with Crippen molar-refractivity contribution in [1.82, 2.24) is 16.0 Å². The zero-order valence-corrected chi connectivity index (χ0v) is 19.0. The maximum absolute atomic E-state index is 14.2. The number of aliphatic hydroxyl groups excluding tert-OH is 1. The zero-order chi connectivity index (χ0) is 24.3. The molecule has 1 heterocycles. The Morgan fingerprint density at radius 2 is 2.06 bits per heavy atom. The third-order valence-corrected chi connectivity index (χ3v) is 5.54. The number of fused-ring (bicyclic) bond motifs is 2. The minimum atomic E-state index is -0.944. The summed E-state index contributed by atoms with van der Waals surface area (Å²) in [6, 6.07) is 11.3. The average Bonchev–Trinajstić information content (AvgIpc) is 2.83. The summed E-state index contributed by atoms with van der Waals surface area (Å²) >= 11 is 0. The van der Waals surface area contributed by atoms with Crippen LogP contribution >= 0.6 is 0 Å². The molecule has 3 rings (SSSR count). The van der Waals surface area contributed by atoms with Gasteiger partial charge in [0.1, 0.15) is 0 Å². The van der Waals surface area contributed by atoms with Gasteiger partial charge in [0.25, 0.3) is 0 Å². The van der Waals surface area contributed by atoms with Crippen LogP contribution in [0.3, 0.4) is 0 Å². The monoisotopic (exact) mass is 467 g/mol. The number of amides is 2. The number of aliphatic hydroxyl groups is 1. The lowest BCUT2D eigenvalue weighted by atomic mass is 10.0. The number of terminal acetylenes is 1. The maximum Gasteiger partial charge on any atom is 0.239 e. The Balaban J connectivity index is 1.70. The van der Waals surface area contributed by atoms with Gasteiger partial charge in [-0.25, -0.2) is 4.39 Å². The second-order valence-electron chi connectivity index (χ2n) is 8.27. The van der Waals surface area contributed by atoms with E-state index in [-0.39, 0.29) is 44.2 Å². The second-order valence-corrected chi connectivity index (χ2v) is 8.27. The van der Waals surface area contributed by atoms with Crippen molar-refractivity contribution in [2.75, 3.05) is 19.7 Å². The van der Waals surface area contributed by atoms with E-state index in [1.807, 2.05) is 24.3 Å². The van der Waals surface area contributed by atoms with Gasteiger partial charge in [-0.3, -0.25) is 9.59 Å². The number of rotatable bonds is 5. The zero-order valence-electron chi connectivity index (χ0n) is 19.0. The molecule has 2 amide bonds. The molecule has 0 aliphatic carbocycles. The summed E-state index contributed by atoms with van der Waals surface area (Å²) < 4.78 is 19.7. The van der Waals surface area contributed by atoms with Crippen molar-refractivity contribution in [1.29, 1.82) is 0 Å². The van der Waals surface area contributed by atoms with Gasteiger partial charge in [-0.05, 0) is 54.7 Å². The van der Waals surface area contributed by atoms with Gasteiger partial charge in [0.2, 0.25) is 11.8 Å². The van der Waals surface area contributed by atoms with Crippen LogP contribution < -0.4 is 20.7 Å². The molecule has 1 aliphatic rings. The Hall–Kier alpha value is -3.41. The van der Waals surface area contributed by atoms with Gasteiger partial charge < -0.3 is 25.8 Å². The number of halogens is 1. The number of benzene rings is 2. The van der Waals surface area contributed by atoms with Crippen LogP contribution in [0, 0.1) is 18.2 Å². The molecule has 2 aromatic rings. The first-order valence-corrected chi connectivity index (χ1v) is 11.4. The van der Waals surface area contributed by atoms with Gasteiger partial charge >= 0.3 is 0 Å². The number of hydrogen-bond acceptors (Lipinski definition) is 5. The Morgan fingerprint density at radius 1 is 1.21 bits per heavy atom. The van der Waals surface area contributed by atoms with Crippen molar-refractivity contribution in [2.45, 2.75) is 44.4 Å². The van der Waals surface area contributed by atoms with E-state index < -0.39 is 23.9 Å². The fourth-order valence-electron chi connectivity index (χ4n) is 3.70. The van der Waals surface area contributed by atoms with Gasteiger partial charge in [-0.2, -0.15) is 0 Å². The molecule has 4 N–H and O–H groups in total. The Kier molecular flexibility index (Phi) is 9.44. The van der Waals surface area contributed by atoms with Crippen molar-refractivity contribution >= 4 is 11.8 Å². The predicted octanol–water partition coefficient (Wildman–Crippen LogP) is 1.66. The summed E-state index contributed by atoms with van der Waals surface area (Å²) in [5.41, 5.74) is 2.45. The minimum Gasteiger partial charge on any atom is -0.491 e. The topological polar surface area (TPSA) is 99.7 Å². The fraction of sp³-hybridized carbons (Fsp3) is 0.385. The normalized spacial score (nSPS) is 18.3. The van der Waals surface area contributed by atoms with Crippen LogP contribution in [0.5, 0.6) is 5.75 Å². The predicted molar refractivity (Wildman–Crippen MR) is 126 cm³/mol. The Labute approximate surface area is 199 Å². The molecule has 180 valence electrons. The molecule has 0 radical (unpaired) electrons. The summed E-state index contributed by atoms with van der Waals surface area (Å²) in [5.74, 6) is 1.56. The van der Waals surface area contributed by atoms with E-state index in [1.165, 1.54) is 6.07 Å². The summed E-state index contributed by atoms with van der Waals surface area (Å²) in [4.78, 5) is 24.4. The second kappa shape index (κ2) is 12.7. The molecule has 1 aliphatic heterocycles. The van der Waals surface area contributed by atoms with Crippen molar-refractivity contribution in [3.63, 3.8) is 0 Å². The molecule has 2 atom stereocenters. The molecule has 0 saturated heterocycles. The average molecular weight is 468 g/mol. The molecule has 0 aromatic heterocycles. The molecule has 2 bridgehead atoms. The van der Waals surface area contributed by atoms with Crippen molar-refractivity contribution in [3.05, 3.63) is 65.0 Å². The molecule has 34 heavy (non-hydrogen) atoms. The largest absolute Gasteiger partial charge is 0.491 e. The van der Waals surface area contributed by atoms with Gasteiger partial charge in [0.15, 0.2) is 11.6 Å². The van der Waals surface area contributed by atoms with Gasteiger partial charge in [0.05, 0.1) is 25.3 Å². The van der Waals surface area contributed by atoms with Crippen LogP contribution in [0.4, 0.5) is 4.39 Å². The van der Waals surface area contributed by atoms with Crippen molar-refractivity contribution < 1.29 is 23.8 Å². The van der Waals surface area contributed by atoms with Crippen molar-refractivity contribution in [2.24, 2.45) is 0 Å². The third-order valence-electron chi connectivity index (χ3n) is 5.54. The van der Waals surface area contributed by atoms with Crippen LogP contribution in [-0.4, -0.2) is 48.8 Å². The van der Waals surface area contributed by atoms with E-state index in [1.54, 1.807) is 12.1 Å². The molecule has 2 aromatic carbocycles. The van der Waals surface area contributed by atoms with E-state index in [4.69, 9.17) is 11.2 Å². The highest BCUT2D eigenvalue weighted by molar-refractivity contribution is 5.84. The molecular weight excluding hydrogens is 437 g/mol. The van der Waals surface area contributed by atoms with Crippen LogP contribution in [0.25, 0.3) is 0 Å². The number of ether oxygens (including phenoxy) is 1. The molecule has 0 spiro atoms. The van der Waals surface area contributed by atoms with Crippen molar-refractivity contribution in [3.8, 4) is 18.1 Å². The van der Waals surface area contributed by atoms with E-state index in [0.29, 0.717) is 24.9 Å². The minimum absolute atomic E-state index is 0.114. The number of carbonyl (C=O) groups excluding carboxylic acids is 2. The molecule has 2 unspecified atom stereocenters. The standard InChI is InChI=1S/C26H30FN3O4/c1-2-18-6-5-7-20(12-18)15-28-16-23(31)22-13-19-9-10-21(27)24(14-19)34-11-4-3-8-25(32)29-17-26(33)30-22/h1,5-7,9-10,12,14,22-23,28,31H,3-4,8,11,13,15-17H2,(H,29,32)(H,30,33). The molecule has 0 fully saturated rings. The Morgan fingerprint density at radius 3 is 2.88 bits per heavy atom. The van der Waals surface area contributed by atoms with Gasteiger partial charge in [-0.15, -0.1) is 6.42 Å². The Bertz CT molecular complexity index is 1040. The van der Waals surface area contributed by atoms with Crippen LogP contribution in [0.15, 0.2) is 42.5 Å². The van der Waals surface area contributed by atoms with Crippen LogP contribution in [0.1, 0.15) is 36.0 Å². The third kappa shape index (κ3) is 7.87. The number of hydrogen-bond donors (Lipinski definition) is 4. The first-order chi connectivity index (χ1) is 16.4. The van der Waals surface area contributed by atoms with E-state index >= 15 is 0 Å². The first-order valence-electron chi connectivity index (χ1n) is 11.4. The molecule has 7 nitrogen and oxygen atoms in total. The maximum atomic E-state index is 14.2. The lowest BCUT2D eigenvalue weighted by Gasteiger charge is -2.25. The highest BCUT2D eigenvalue weighted by Crippen LogP contribution is 2.21. The van der Waals surface area contributed by atoms with Crippen LogP contribution in [0.2, 0.25) is 0 Å². The van der Waals surface area contributed by atoms with E-state index in [9.17, 15) is 19.1 Å². The van der Waals surface area contributed by atoms with Gasteiger partial charge in [0, 0.05) is 25.1 Å². The van der Waals surface area contributed by atoms with Crippen LogP contribution in [-0.2, 0) is 22.6 Å². The summed E-state index contributed by atoms with van der Waals surface area (Å²) in [6.45, 7) is 0.779. The molecule has 8 heteroatoms. The quantitative estimate of drug-likeness (QED) is 0.502. The highest BCUT2D eigenvalue weighted by atomic mass is 19.1. The lowest BCUT2D eigenvalue weighted by Crippen LogP contribution is -2.51. The fourth-order valence-corrected chi connectivity index (χ4v) is 3.70.